The predicted octanol–water partition coefficient (Wildman–Crippen LogP) is 0.938. The molecule has 0 saturated carbocycles. The zero-order valence-electron chi connectivity index (χ0n) is 10.1. The Morgan fingerprint density at radius 3 is 2.72 bits per heavy atom. The van der Waals surface area contributed by atoms with Crippen molar-refractivity contribution < 1.29 is 14.0 Å². The van der Waals surface area contributed by atoms with Crippen LogP contribution < -0.4 is 19.7 Å². The van der Waals surface area contributed by atoms with Gasteiger partial charge in [-0.25, -0.2) is 4.98 Å². The third-order valence-corrected chi connectivity index (χ3v) is 4.14. The van der Waals surface area contributed by atoms with Crippen molar-refractivity contribution in [1.82, 2.24) is 4.98 Å². The quantitative estimate of drug-likeness (QED) is 0.648. The molecule has 5 nitrogen and oxygen atoms in total. The summed E-state index contributed by atoms with van der Waals surface area (Å²) >= 11 is 1.69. The van der Waals surface area contributed by atoms with Gasteiger partial charge in [-0.15, -0.1) is 0 Å². The molecule has 0 bridgehead atoms. The highest BCUT2D eigenvalue weighted by molar-refractivity contribution is 7.99. The number of hydrogen-bond acceptors (Lipinski definition) is 4. The minimum absolute atomic E-state index is 0.0743. The van der Waals surface area contributed by atoms with Gasteiger partial charge in [0.1, 0.15) is 12.1 Å². The molecule has 1 aliphatic heterocycles. The SMILES string of the molecule is COc1cc2[nH]c(=O)[n+]3c(c2cc1OC)SCC3. The van der Waals surface area contributed by atoms with Crippen molar-refractivity contribution in [1.29, 1.82) is 0 Å². The topological polar surface area (TPSA) is 55.2 Å². The molecule has 1 aliphatic rings. The van der Waals surface area contributed by atoms with Crippen molar-refractivity contribution in [2.24, 2.45) is 0 Å². The van der Waals surface area contributed by atoms with Gasteiger partial charge in [-0.2, -0.15) is 9.36 Å². The van der Waals surface area contributed by atoms with Crippen LogP contribution in [0.15, 0.2) is 22.0 Å². The summed E-state index contributed by atoms with van der Waals surface area (Å²) in [5, 5.41) is 1.99. The number of nitrogens with zero attached hydrogens (tertiary/aromatic N) is 1. The van der Waals surface area contributed by atoms with E-state index in [0.717, 1.165) is 28.2 Å². The Morgan fingerprint density at radius 1 is 1.28 bits per heavy atom. The third-order valence-electron chi connectivity index (χ3n) is 3.04. The van der Waals surface area contributed by atoms with E-state index in [1.807, 2.05) is 6.07 Å². The van der Waals surface area contributed by atoms with Crippen LogP contribution in [0.1, 0.15) is 0 Å². The Hall–Kier alpha value is -1.69. The Kier molecular flexibility index (Phi) is 2.66. The van der Waals surface area contributed by atoms with Crippen LogP contribution >= 0.6 is 11.8 Å². The molecule has 18 heavy (non-hydrogen) atoms. The number of aromatic nitrogens is 2. The van der Waals surface area contributed by atoms with Gasteiger partial charge in [0.05, 0.1) is 19.6 Å². The standard InChI is InChI=1S/C12H12N2O3S/c1-16-9-5-7-8(6-10(9)17-2)13-12(15)14-3-4-18-11(7)14/h5-6H,3-4H2,1-2H3/p+1. The van der Waals surface area contributed by atoms with Crippen LogP contribution in [0.25, 0.3) is 10.9 Å². The number of rotatable bonds is 2. The molecule has 1 aromatic heterocycles. The highest BCUT2D eigenvalue weighted by Gasteiger charge is 2.25. The van der Waals surface area contributed by atoms with Gasteiger partial charge in [0, 0.05) is 17.9 Å². The van der Waals surface area contributed by atoms with E-state index in [2.05, 4.69) is 4.98 Å². The van der Waals surface area contributed by atoms with Gasteiger partial charge in [-0.3, -0.25) is 0 Å². The van der Waals surface area contributed by atoms with E-state index in [1.165, 1.54) is 0 Å². The van der Waals surface area contributed by atoms with Gasteiger partial charge < -0.3 is 9.47 Å². The molecular weight excluding hydrogens is 252 g/mol. The number of aromatic amines is 1. The number of benzene rings is 1. The van der Waals surface area contributed by atoms with E-state index >= 15 is 0 Å². The van der Waals surface area contributed by atoms with Crippen LogP contribution in [0, 0.1) is 0 Å². The lowest BCUT2D eigenvalue weighted by Crippen LogP contribution is -2.50. The van der Waals surface area contributed by atoms with Crippen LogP contribution in [0.2, 0.25) is 0 Å². The molecule has 0 saturated heterocycles. The summed E-state index contributed by atoms with van der Waals surface area (Å²) in [4.78, 5) is 14.8. The molecule has 6 heteroatoms. The maximum Gasteiger partial charge on any atom is 0.497 e. The number of fused-ring (bicyclic) bond motifs is 3. The Labute approximate surface area is 108 Å². The summed E-state index contributed by atoms with van der Waals surface area (Å²) in [6.45, 7) is 0.750. The first kappa shape index (κ1) is 11.4. The minimum atomic E-state index is -0.0743. The van der Waals surface area contributed by atoms with E-state index in [4.69, 9.17) is 9.47 Å². The van der Waals surface area contributed by atoms with Crippen LogP contribution in [-0.2, 0) is 6.54 Å². The van der Waals surface area contributed by atoms with Gasteiger partial charge in [0.2, 0.25) is 0 Å². The fourth-order valence-corrected chi connectivity index (χ4v) is 3.29. The van der Waals surface area contributed by atoms with Gasteiger partial charge in [-0.05, 0) is 0 Å². The van der Waals surface area contributed by atoms with Crippen molar-refractivity contribution in [3.05, 3.63) is 22.6 Å². The molecular formula is C12H13N2O3S+. The first-order valence-corrected chi connectivity index (χ1v) is 6.58. The molecule has 1 N–H and O–H groups in total. The predicted molar refractivity (Wildman–Crippen MR) is 68.6 cm³/mol. The molecule has 0 atom stereocenters. The van der Waals surface area contributed by atoms with E-state index in [9.17, 15) is 4.79 Å². The maximum absolute atomic E-state index is 11.9. The smallest absolute Gasteiger partial charge is 0.493 e. The molecule has 0 unspecified atom stereocenters. The molecule has 0 aliphatic carbocycles. The van der Waals surface area contributed by atoms with E-state index in [-0.39, 0.29) is 5.69 Å². The lowest BCUT2D eigenvalue weighted by atomic mass is 10.2. The lowest BCUT2D eigenvalue weighted by Gasteiger charge is -2.08. The van der Waals surface area contributed by atoms with Gasteiger partial charge in [0.25, 0.3) is 0 Å². The fourth-order valence-electron chi connectivity index (χ4n) is 2.17. The zero-order chi connectivity index (χ0) is 12.7. The number of methoxy groups -OCH3 is 2. The number of nitrogens with one attached hydrogen (secondary N) is 1. The average Bonchev–Trinajstić information content (AvgIpc) is 2.87. The van der Waals surface area contributed by atoms with Crippen molar-refractivity contribution in [3.8, 4) is 11.5 Å². The van der Waals surface area contributed by atoms with Crippen molar-refractivity contribution in [3.63, 3.8) is 0 Å². The second kappa shape index (κ2) is 4.20. The zero-order valence-corrected chi connectivity index (χ0v) is 11.0. The Morgan fingerprint density at radius 2 is 2.00 bits per heavy atom. The van der Waals surface area contributed by atoms with E-state index < -0.39 is 0 Å². The molecule has 0 amide bonds. The second-order valence-corrected chi connectivity index (χ2v) is 5.07. The highest BCUT2D eigenvalue weighted by atomic mass is 32.2. The summed E-state index contributed by atoms with van der Waals surface area (Å²) in [7, 11) is 3.19. The number of thioether (sulfide) groups is 1. The largest absolute Gasteiger partial charge is 0.497 e. The average molecular weight is 265 g/mol. The highest BCUT2D eigenvalue weighted by Crippen LogP contribution is 2.34. The Balaban J connectivity index is 2.38. The third kappa shape index (κ3) is 1.56. The summed E-state index contributed by atoms with van der Waals surface area (Å²) < 4.78 is 12.3. The monoisotopic (exact) mass is 265 g/mol. The van der Waals surface area contributed by atoms with Gasteiger partial charge in [0.15, 0.2) is 16.5 Å². The molecule has 94 valence electrons. The van der Waals surface area contributed by atoms with Gasteiger partial charge in [-0.1, -0.05) is 11.8 Å². The number of H-pyrrole nitrogens is 1. The second-order valence-electron chi connectivity index (χ2n) is 3.99. The molecule has 1 aromatic carbocycles. The number of ether oxygens (including phenoxy) is 2. The molecule has 0 spiro atoms. The Bertz CT molecular complexity index is 681. The van der Waals surface area contributed by atoms with Crippen LogP contribution in [-0.4, -0.2) is 25.0 Å². The molecule has 0 fully saturated rings. The summed E-state index contributed by atoms with van der Waals surface area (Å²) in [5.74, 6) is 2.22. The van der Waals surface area contributed by atoms with Crippen molar-refractivity contribution in [2.45, 2.75) is 11.6 Å². The van der Waals surface area contributed by atoms with Gasteiger partial charge >= 0.3 is 5.69 Å². The molecule has 0 radical (unpaired) electrons. The first-order valence-electron chi connectivity index (χ1n) is 5.59. The first-order chi connectivity index (χ1) is 8.74. The minimum Gasteiger partial charge on any atom is -0.493 e. The number of hydrogen-bond donors (Lipinski definition) is 1. The fraction of sp³-hybridized carbons (Fsp3) is 0.333. The lowest BCUT2D eigenvalue weighted by molar-refractivity contribution is -0.737. The summed E-state index contributed by atoms with van der Waals surface area (Å²) in [6, 6.07) is 3.71. The summed E-state index contributed by atoms with van der Waals surface area (Å²) in [6.07, 6.45) is 0. The molecule has 2 aromatic rings. The van der Waals surface area contributed by atoms with E-state index in [0.29, 0.717) is 11.5 Å². The maximum atomic E-state index is 11.9. The van der Waals surface area contributed by atoms with Crippen LogP contribution in [0.5, 0.6) is 11.5 Å². The van der Waals surface area contributed by atoms with E-state index in [1.54, 1.807) is 36.6 Å². The van der Waals surface area contributed by atoms with Crippen LogP contribution in [0.3, 0.4) is 0 Å². The molecule has 2 heterocycles. The van der Waals surface area contributed by atoms with Crippen LogP contribution in [0.4, 0.5) is 0 Å². The van der Waals surface area contributed by atoms with Crippen molar-refractivity contribution >= 4 is 22.7 Å². The molecule has 3 rings (SSSR count). The van der Waals surface area contributed by atoms with Crippen molar-refractivity contribution in [2.75, 3.05) is 20.0 Å². The normalized spacial score (nSPS) is 13.7. The summed E-state index contributed by atoms with van der Waals surface area (Å²) in [5.41, 5.74) is 0.702.